The monoisotopic (exact) mass is 251 g/mol. The van der Waals surface area contributed by atoms with E-state index in [2.05, 4.69) is 12.2 Å². The number of hydrogen-bond donors (Lipinski definition) is 3. The molecule has 1 aromatic carbocycles. The summed E-state index contributed by atoms with van der Waals surface area (Å²) in [6.07, 6.45) is 1.62. The van der Waals surface area contributed by atoms with Crippen LogP contribution < -0.4 is 5.32 Å². The second kappa shape index (κ2) is 5.69. The molecule has 2 unspecified atom stereocenters. The van der Waals surface area contributed by atoms with E-state index in [4.69, 9.17) is 4.74 Å². The van der Waals surface area contributed by atoms with Crippen LogP contribution in [0.25, 0.3) is 0 Å². The number of aliphatic hydroxyl groups is 1. The van der Waals surface area contributed by atoms with Crippen LogP contribution in [0.15, 0.2) is 24.3 Å². The Kier molecular flexibility index (Phi) is 4.22. The van der Waals surface area contributed by atoms with Gasteiger partial charge in [0.2, 0.25) is 0 Å². The zero-order chi connectivity index (χ0) is 13.0. The Morgan fingerprint density at radius 2 is 2.11 bits per heavy atom. The van der Waals surface area contributed by atoms with Crippen LogP contribution in [0.3, 0.4) is 0 Å². The van der Waals surface area contributed by atoms with Crippen LogP contribution in [0.1, 0.15) is 31.4 Å². The molecule has 1 fully saturated rings. The van der Waals surface area contributed by atoms with Crippen LogP contribution in [0.2, 0.25) is 0 Å². The highest BCUT2D eigenvalue weighted by molar-refractivity contribution is 5.28. The Balaban J connectivity index is 1.95. The molecule has 0 bridgehead atoms. The summed E-state index contributed by atoms with van der Waals surface area (Å²) in [6.45, 7) is 3.67. The van der Waals surface area contributed by atoms with Crippen LogP contribution >= 0.6 is 0 Å². The SMILES string of the molecule is CCC(NCC1(O)CCOC1)c1ccc(O)cc1. The average molecular weight is 251 g/mol. The van der Waals surface area contributed by atoms with Crippen molar-refractivity contribution in [1.82, 2.24) is 5.32 Å². The van der Waals surface area contributed by atoms with E-state index in [1.165, 1.54) is 0 Å². The minimum Gasteiger partial charge on any atom is -0.508 e. The molecule has 0 spiro atoms. The summed E-state index contributed by atoms with van der Waals surface area (Å²) in [5.74, 6) is 0.274. The number of ether oxygens (including phenoxy) is 1. The van der Waals surface area contributed by atoms with E-state index in [1.54, 1.807) is 12.1 Å². The van der Waals surface area contributed by atoms with Crippen molar-refractivity contribution in [1.29, 1.82) is 0 Å². The van der Waals surface area contributed by atoms with Crippen molar-refractivity contribution in [2.45, 2.75) is 31.4 Å². The maximum atomic E-state index is 10.2. The predicted molar refractivity (Wildman–Crippen MR) is 69.5 cm³/mol. The van der Waals surface area contributed by atoms with Crippen molar-refractivity contribution in [2.24, 2.45) is 0 Å². The second-order valence-electron chi connectivity index (χ2n) is 4.96. The van der Waals surface area contributed by atoms with Crippen molar-refractivity contribution < 1.29 is 14.9 Å². The quantitative estimate of drug-likeness (QED) is 0.743. The fraction of sp³-hybridized carbons (Fsp3) is 0.571. The lowest BCUT2D eigenvalue weighted by atomic mass is 10.0. The van der Waals surface area contributed by atoms with Gasteiger partial charge in [-0.25, -0.2) is 0 Å². The van der Waals surface area contributed by atoms with Crippen molar-refractivity contribution in [3.63, 3.8) is 0 Å². The van der Waals surface area contributed by atoms with Crippen molar-refractivity contribution in [2.75, 3.05) is 19.8 Å². The highest BCUT2D eigenvalue weighted by Crippen LogP contribution is 2.22. The largest absolute Gasteiger partial charge is 0.508 e. The molecular weight excluding hydrogens is 230 g/mol. The Bertz CT molecular complexity index is 371. The molecule has 1 saturated heterocycles. The van der Waals surface area contributed by atoms with Gasteiger partial charge in [-0.15, -0.1) is 0 Å². The summed E-state index contributed by atoms with van der Waals surface area (Å²) >= 11 is 0. The summed E-state index contributed by atoms with van der Waals surface area (Å²) in [5.41, 5.74) is 0.391. The Labute approximate surface area is 108 Å². The summed E-state index contributed by atoms with van der Waals surface area (Å²) in [4.78, 5) is 0. The first-order chi connectivity index (χ1) is 8.63. The molecule has 4 nitrogen and oxygen atoms in total. The first kappa shape index (κ1) is 13.3. The lowest BCUT2D eigenvalue weighted by molar-refractivity contribution is 0.0246. The molecule has 0 saturated carbocycles. The molecule has 4 heteroatoms. The molecule has 2 rings (SSSR count). The predicted octanol–water partition coefficient (Wildman–Crippen LogP) is 1.58. The molecule has 1 aromatic rings. The zero-order valence-corrected chi connectivity index (χ0v) is 10.7. The van der Waals surface area contributed by atoms with Crippen LogP contribution in [0.4, 0.5) is 0 Å². The van der Waals surface area contributed by atoms with Gasteiger partial charge in [0.05, 0.1) is 6.61 Å². The van der Waals surface area contributed by atoms with Gasteiger partial charge in [0.15, 0.2) is 0 Å². The first-order valence-corrected chi connectivity index (χ1v) is 6.45. The Hall–Kier alpha value is -1.10. The smallest absolute Gasteiger partial charge is 0.115 e. The van der Waals surface area contributed by atoms with Gasteiger partial charge in [-0.05, 0) is 24.1 Å². The van der Waals surface area contributed by atoms with Crippen LogP contribution in [-0.2, 0) is 4.74 Å². The van der Waals surface area contributed by atoms with E-state index in [1.807, 2.05) is 12.1 Å². The van der Waals surface area contributed by atoms with Gasteiger partial charge in [0.25, 0.3) is 0 Å². The number of hydrogen-bond acceptors (Lipinski definition) is 4. The van der Waals surface area contributed by atoms with Crippen molar-refractivity contribution in [3.05, 3.63) is 29.8 Å². The van der Waals surface area contributed by atoms with Gasteiger partial charge in [-0.2, -0.15) is 0 Å². The second-order valence-corrected chi connectivity index (χ2v) is 4.96. The van der Waals surface area contributed by atoms with Crippen LogP contribution in [-0.4, -0.2) is 35.6 Å². The summed E-state index contributed by atoms with van der Waals surface area (Å²) < 4.78 is 5.22. The van der Waals surface area contributed by atoms with E-state index in [0.717, 1.165) is 12.0 Å². The third-order valence-corrected chi connectivity index (χ3v) is 3.46. The number of phenolic OH excluding ortho intramolecular Hbond substituents is 1. The van der Waals surface area contributed by atoms with E-state index < -0.39 is 5.60 Å². The minimum absolute atomic E-state index is 0.190. The van der Waals surface area contributed by atoms with Gasteiger partial charge in [0.1, 0.15) is 11.4 Å². The van der Waals surface area contributed by atoms with E-state index in [-0.39, 0.29) is 11.8 Å². The summed E-state index contributed by atoms with van der Waals surface area (Å²) in [7, 11) is 0. The summed E-state index contributed by atoms with van der Waals surface area (Å²) in [5, 5.41) is 22.9. The van der Waals surface area contributed by atoms with Crippen LogP contribution in [0, 0.1) is 0 Å². The lowest BCUT2D eigenvalue weighted by Crippen LogP contribution is -2.42. The third kappa shape index (κ3) is 3.22. The number of phenols is 1. The molecule has 1 aliphatic rings. The molecule has 1 aliphatic heterocycles. The highest BCUT2D eigenvalue weighted by Gasteiger charge is 2.32. The molecule has 0 aliphatic carbocycles. The van der Waals surface area contributed by atoms with E-state index in [9.17, 15) is 10.2 Å². The number of nitrogens with one attached hydrogen (secondary N) is 1. The lowest BCUT2D eigenvalue weighted by Gasteiger charge is -2.25. The molecule has 100 valence electrons. The first-order valence-electron chi connectivity index (χ1n) is 6.45. The Morgan fingerprint density at radius 3 is 2.67 bits per heavy atom. The van der Waals surface area contributed by atoms with Crippen LogP contribution in [0.5, 0.6) is 5.75 Å². The summed E-state index contributed by atoms with van der Waals surface area (Å²) in [6, 6.07) is 7.38. The maximum absolute atomic E-state index is 10.2. The van der Waals surface area contributed by atoms with E-state index in [0.29, 0.717) is 26.2 Å². The van der Waals surface area contributed by atoms with Crippen molar-refractivity contribution in [3.8, 4) is 5.75 Å². The van der Waals surface area contributed by atoms with Gasteiger partial charge in [0, 0.05) is 25.6 Å². The normalized spacial score (nSPS) is 25.2. The molecule has 0 aromatic heterocycles. The average Bonchev–Trinajstić information content (AvgIpc) is 2.79. The molecule has 0 amide bonds. The Morgan fingerprint density at radius 1 is 1.39 bits per heavy atom. The molecular formula is C14H21NO3. The molecule has 18 heavy (non-hydrogen) atoms. The number of rotatable bonds is 5. The van der Waals surface area contributed by atoms with Crippen molar-refractivity contribution >= 4 is 0 Å². The standard InChI is InChI=1S/C14H21NO3/c1-2-13(11-3-5-12(16)6-4-11)15-9-14(17)7-8-18-10-14/h3-6,13,15-17H,2,7-10H2,1H3. The fourth-order valence-electron chi connectivity index (χ4n) is 2.25. The number of benzene rings is 1. The molecule has 1 heterocycles. The van der Waals surface area contributed by atoms with E-state index >= 15 is 0 Å². The molecule has 2 atom stereocenters. The topological polar surface area (TPSA) is 61.7 Å². The maximum Gasteiger partial charge on any atom is 0.115 e. The van der Waals surface area contributed by atoms with Gasteiger partial charge in [-0.1, -0.05) is 19.1 Å². The fourth-order valence-corrected chi connectivity index (χ4v) is 2.25. The molecule has 3 N–H and O–H groups in total. The third-order valence-electron chi connectivity index (χ3n) is 3.46. The zero-order valence-electron chi connectivity index (χ0n) is 10.7. The minimum atomic E-state index is -0.732. The van der Waals surface area contributed by atoms with Gasteiger partial charge in [-0.3, -0.25) is 0 Å². The molecule has 0 radical (unpaired) electrons. The number of aromatic hydroxyl groups is 1. The van der Waals surface area contributed by atoms with Gasteiger partial charge < -0.3 is 20.3 Å². The van der Waals surface area contributed by atoms with Gasteiger partial charge >= 0.3 is 0 Å². The highest BCUT2D eigenvalue weighted by atomic mass is 16.5.